The Labute approximate surface area is 153 Å². The summed E-state index contributed by atoms with van der Waals surface area (Å²) in [6.07, 6.45) is 0.750. The van der Waals surface area contributed by atoms with Gasteiger partial charge >= 0.3 is 11.9 Å². The highest BCUT2D eigenvalue weighted by atomic mass is 16.6. The second kappa shape index (κ2) is 9.61. The van der Waals surface area contributed by atoms with Crippen molar-refractivity contribution >= 4 is 11.9 Å². The van der Waals surface area contributed by atoms with Crippen molar-refractivity contribution in [2.45, 2.75) is 27.2 Å². The van der Waals surface area contributed by atoms with Crippen LogP contribution in [0, 0.1) is 12.8 Å². The number of hydrogen-bond donors (Lipinski definition) is 0. The van der Waals surface area contributed by atoms with E-state index in [-0.39, 0.29) is 25.1 Å². The van der Waals surface area contributed by atoms with Crippen LogP contribution in [0.4, 0.5) is 0 Å². The van der Waals surface area contributed by atoms with E-state index in [4.69, 9.17) is 14.2 Å². The second-order valence-corrected chi connectivity index (χ2v) is 6.05. The van der Waals surface area contributed by atoms with Crippen molar-refractivity contribution in [3.05, 3.63) is 59.7 Å². The van der Waals surface area contributed by atoms with Crippen molar-refractivity contribution in [1.29, 1.82) is 0 Å². The molecule has 0 aliphatic rings. The lowest BCUT2D eigenvalue weighted by atomic mass is 10.1. The third-order valence-corrected chi connectivity index (χ3v) is 3.93. The van der Waals surface area contributed by atoms with Crippen molar-refractivity contribution in [3.63, 3.8) is 0 Å². The Morgan fingerprint density at radius 2 is 1.54 bits per heavy atom. The summed E-state index contributed by atoms with van der Waals surface area (Å²) in [4.78, 5) is 23.7. The van der Waals surface area contributed by atoms with E-state index in [0.717, 1.165) is 12.0 Å². The van der Waals surface area contributed by atoms with Gasteiger partial charge in [-0.2, -0.15) is 0 Å². The van der Waals surface area contributed by atoms with E-state index >= 15 is 0 Å². The van der Waals surface area contributed by atoms with Gasteiger partial charge in [0.25, 0.3) is 0 Å². The molecule has 0 saturated heterocycles. The zero-order valence-corrected chi connectivity index (χ0v) is 15.4. The normalized spacial score (nSPS) is 11.5. The maximum Gasteiger partial charge on any atom is 0.343 e. The maximum atomic E-state index is 12.1. The molecule has 2 rings (SSSR count). The van der Waals surface area contributed by atoms with Crippen LogP contribution < -0.4 is 9.47 Å². The fraction of sp³-hybridized carbons (Fsp3) is 0.333. The molecule has 0 heterocycles. The lowest BCUT2D eigenvalue weighted by Gasteiger charge is -2.10. The minimum atomic E-state index is -0.428. The highest BCUT2D eigenvalue weighted by molar-refractivity contribution is 5.91. The van der Waals surface area contributed by atoms with Gasteiger partial charge in [0.1, 0.15) is 24.7 Å². The molecule has 0 spiro atoms. The Hall–Kier alpha value is -2.82. The van der Waals surface area contributed by atoms with Gasteiger partial charge in [0.15, 0.2) is 0 Å². The van der Waals surface area contributed by atoms with Crippen molar-refractivity contribution in [2.75, 3.05) is 13.2 Å². The largest absolute Gasteiger partial charge is 0.490 e. The van der Waals surface area contributed by atoms with Crippen LogP contribution in [0.2, 0.25) is 0 Å². The Morgan fingerprint density at radius 3 is 2.15 bits per heavy atom. The average Bonchev–Trinajstić information content (AvgIpc) is 2.66. The molecule has 138 valence electrons. The van der Waals surface area contributed by atoms with Crippen molar-refractivity contribution in [3.8, 4) is 11.5 Å². The van der Waals surface area contributed by atoms with Crippen molar-refractivity contribution in [2.24, 2.45) is 5.92 Å². The fourth-order valence-corrected chi connectivity index (χ4v) is 2.07. The summed E-state index contributed by atoms with van der Waals surface area (Å²) >= 11 is 0. The van der Waals surface area contributed by atoms with Crippen LogP contribution in [0.5, 0.6) is 11.5 Å². The topological polar surface area (TPSA) is 61.8 Å². The first-order valence-electron chi connectivity index (χ1n) is 8.68. The molecule has 5 nitrogen and oxygen atoms in total. The molecule has 1 unspecified atom stereocenters. The van der Waals surface area contributed by atoms with E-state index in [1.165, 1.54) is 0 Å². The Morgan fingerprint density at radius 1 is 0.923 bits per heavy atom. The van der Waals surface area contributed by atoms with E-state index in [9.17, 15) is 9.59 Å². The summed E-state index contributed by atoms with van der Waals surface area (Å²) in [6, 6.07) is 13.9. The third kappa shape index (κ3) is 5.92. The SMILES string of the molecule is CCC(C)C(=O)OCCOc1ccc(C(=O)Oc2ccc(C)cc2)cc1. The minimum Gasteiger partial charge on any atom is -0.490 e. The Balaban J connectivity index is 1.79. The summed E-state index contributed by atoms with van der Waals surface area (Å²) in [5, 5.41) is 0. The summed E-state index contributed by atoms with van der Waals surface area (Å²) < 4.78 is 15.9. The fourth-order valence-electron chi connectivity index (χ4n) is 2.07. The molecule has 1 atom stereocenters. The van der Waals surface area contributed by atoms with Crippen LogP contribution in [0.15, 0.2) is 48.5 Å². The standard InChI is InChI=1S/C21H24O5/c1-4-16(3)20(22)25-14-13-24-18-11-7-17(8-12-18)21(23)26-19-9-5-15(2)6-10-19/h5-12,16H,4,13-14H2,1-3H3. The zero-order chi connectivity index (χ0) is 18.9. The van der Waals surface area contributed by atoms with E-state index < -0.39 is 5.97 Å². The smallest absolute Gasteiger partial charge is 0.343 e. The van der Waals surface area contributed by atoms with E-state index in [1.54, 1.807) is 36.4 Å². The van der Waals surface area contributed by atoms with Crippen molar-refractivity contribution < 1.29 is 23.8 Å². The van der Waals surface area contributed by atoms with Gasteiger partial charge in [0, 0.05) is 0 Å². The van der Waals surface area contributed by atoms with Gasteiger partial charge in [-0.15, -0.1) is 0 Å². The molecular formula is C21H24O5. The first-order valence-corrected chi connectivity index (χ1v) is 8.68. The number of rotatable bonds is 8. The first-order chi connectivity index (χ1) is 12.5. The predicted molar refractivity (Wildman–Crippen MR) is 98.5 cm³/mol. The van der Waals surface area contributed by atoms with Gasteiger partial charge in [0.05, 0.1) is 11.5 Å². The van der Waals surface area contributed by atoms with Gasteiger partial charge in [-0.3, -0.25) is 4.79 Å². The van der Waals surface area contributed by atoms with E-state index in [2.05, 4.69) is 0 Å². The Bertz CT molecular complexity index is 719. The van der Waals surface area contributed by atoms with Gasteiger partial charge < -0.3 is 14.2 Å². The Kier molecular flexibility index (Phi) is 7.21. The molecule has 0 saturated carbocycles. The molecule has 26 heavy (non-hydrogen) atoms. The minimum absolute atomic E-state index is 0.103. The molecule has 0 amide bonds. The molecule has 0 radical (unpaired) electrons. The van der Waals surface area contributed by atoms with Gasteiger partial charge in [-0.1, -0.05) is 31.5 Å². The summed E-state index contributed by atoms with van der Waals surface area (Å²) in [6.45, 7) is 6.19. The molecule has 2 aromatic carbocycles. The molecule has 0 aliphatic carbocycles. The number of aryl methyl sites for hydroxylation is 1. The molecular weight excluding hydrogens is 332 g/mol. The van der Waals surface area contributed by atoms with Crippen LogP contribution in [0.3, 0.4) is 0 Å². The van der Waals surface area contributed by atoms with Crippen LogP contribution in [-0.4, -0.2) is 25.2 Å². The second-order valence-electron chi connectivity index (χ2n) is 6.05. The molecule has 0 aromatic heterocycles. The van der Waals surface area contributed by atoms with E-state index in [0.29, 0.717) is 17.1 Å². The number of ether oxygens (including phenoxy) is 3. The zero-order valence-electron chi connectivity index (χ0n) is 15.4. The lowest BCUT2D eigenvalue weighted by molar-refractivity contribution is -0.148. The summed E-state index contributed by atoms with van der Waals surface area (Å²) in [5.41, 5.74) is 1.53. The number of hydrogen-bond acceptors (Lipinski definition) is 5. The first kappa shape index (κ1) is 19.5. The van der Waals surface area contributed by atoms with Gasteiger partial charge in [0.2, 0.25) is 0 Å². The molecule has 0 aliphatic heterocycles. The van der Waals surface area contributed by atoms with Crippen LogP contribution in [-0.2, 0) is 9.53 Å². The molecule has 0 fully saturated rings. The third-order valence-electron chi connectivity index (χ3n) is 3.93. The van der Waals surface area contributed by atoms with Crippen LogP contribution in [0.25, 0.3) is 0 Å². The van der Waals surface area contributed by atoms with Crippen LogP contribution in [0.1, 0.15) is 36.2 Å². The highest BCUT2D eigenvalue weighted by Crippen LogP contribution is 2.16. The lowest BCUT2D eigenvalue weighted by Crippen LogP contribution is -2.17. The molecule has 0 N–H and O–H groups in total. The number of carbonyl (C=O) groups excluding carboxylic acids is 2. The summed E-state index contributed by atoms with van der Waals surface area (Å²) in [5.74, 6) is 0.350. The van der Waals surface area contributed by atoms with Gasteiger partial charge in [-0.05, 0) is 49.7 Å². The van der Waals surface area contributed by atoms with Crippen molar-refractivity contribution in [1.82, 2.24) is 0 Å². The molecule has 5 heteroatoms. The number of carbonyl (C=O) groups is 2. The monoisotopic (exact) mass is 356 g/mol. The molecule has 2 aromatic rings. The molecule has 0 bridgehead atoms. The maximum absolute atomic E-state index is 12.1. The highest BCUT2D eigenvalue weighted by Gasteiger charge is 2.12. The average molecular weight is 356 g/mol. The number of esters is 2. The number of benzene rings is 2. The quantitative estimate of drug-likeness (QED) is 0.403. The van der Waals surface area contributed by atoms with Crippen LogP contribution >= 0.6 is 0 Å². The van der Waals surface area contributed by atoms with E-state index in [1.807, 2.05) is 32.9 Å². The summed E-state index contributed by atoms with van der Waals surface area (Å²) in [7, 11) is 0. The predicted octanol–water partition coefficient (Wildman–Crippen LogP) is 4.18. The van der Waals surface area contributed by atoms with Gasteiger partial charge in [-0.25, -0.2) is 4.79 Å².